The van der Waals surface area contributed by atoms with Gasteiger partial charge in [0, 0.05) is 21.6 Å². The molecule has 2 aromatic rings. The largest absolute Gasteiger partial charge is 0.497 e. The van der Waals surface area contributed by atoms with Crippen LogP contribution in [0, 0.1) is 0 Å². The van der Waals surface area contributed by atoms with E-state index >= 15 is 0 Å². The first-order chi connectivity index (χ1) is 10.2. The lowest BCUT2D eigenvalue weighted by atomic mass is 9.76. The lowest BCUT2D eigenvalue weighted by Gasteiger charge is -2.37. The van der Waals surface area contributed by atoms with Crippen molar-refractivity contribution in [1.29, 1.82) is 0 Å². The van der Waals surface area contributed by atoms with Gasteiger partial charge in [-0.15, -0.1) is 0 Å². The molecule has 4 heteroatoms. The third-order valence-corrected chi connectivity index (χ3v) is 4.92. The Hall–Kier alpha value is -1.19. The van der Waals surface area contributed by atoms with Gasteiger partial charge in [-0.05, 0) is 64.5 Å². The van der Waals surface area contributed by atoms with Crippen molar-refractivity contribution in [3.05, 3.63) is 57.5 Å². The maximum atomic E-state index is 6.05. The minimum Gasteiger partial charge on any atom is -0.497 e. The molecule has 0 radical (unpaired) electrons. The van der Waals surface area contributed by atoms with Crippen molar-refractivity contribution in [3.63, 3.8) is 0 Å². The lowest BCUT2D eigenvalue weighted by molar-refractivity contribution is 0.373. The molecule has 1 aliphatic rings. The van der Waals surface area contributed by atoms with E-state index in [-0.39, 0.29) is 0 Å². The molecule has 1 aliphatic carbocycles. The molecular formula is C17H17BrClNO. The Morgan fingerprint density at radius 2 is 2.00 bits per heavy atom. The molecular weight excluding hydrogens is 350 g/mol. The highest BCUT2D eigenvalue weighted by molar-refractivity contribution is 9.10. The number of hydrogen-bond acceptors (Lipinski definition) is 2. The van der Waals surface area contributed by atoms with E-state index in [1.54, 1.807) is 7.11 Å². The Bertz CT molecular complexity index is 640. The molecule has 110 valence electrons. The normalized spacial score (nSPS) is 20.7. The number of anilines is 1. The number of methoxy groups -OCH3 is 1. The number of nitrogens with one attached hydrogen (secondary N) is 1. The van der Waals surface area contributed by atoms with Crippen LogP contribution in [0.15, 0.2) is 46.9 Å². The molecule has 21 heavy (non-hydrogen) atoms. The Kier molecular flexibility index (Phi) is 4.41. The molecule has 0 amide bonds. The standard InChI is InChI=1S/C17H17BrClNO/c1-21-15-5-6-16(18)17(10-15)20-14-8-12(9-14)11-3-2-4-13(19)7-11/h2-7,10,12,14,20H,8-9H2,1H3. The molecule has 1 N–H and O–H groups in total. The van der Waals surface area contributed by atoms with Gasteiger partial charge in [0.15, 0.2) is 0 Å². The molecule has 0 aromatic heterocycles. The summed E-state index contributed by atoms with van der Waals surface area (Å²) in [4.78, 5) is 0. The summed E-state index contributed by atoms with van der Waals surface area (Å²) in [6, 6.07) is 14.7. The minimum atomic E-state index is 0.498. The lowest BCUT2D eigenvalue weighted by Crippen LogP contribution is -2.34. The minimum absolute atomic E-state index is 0.498. The van der Waals surface area contributed by atoms with E-state index in [1.807, 2.05) is 30.3 Å². The third-order valence-electron chi connectivity index (χ3n) is 3.99. The SMILES string of the molecule is COc1ccc(Br)c(NC2CC(c3cccc(Cl)c3)C2)c1. The fourth-order valence-electron chi connectivity index (χ4n) is 2.73. The molecule has 0 saturated heterocycles. The molecule has 2 aromatic carbocycles. The number of hydrogen-bond donors (Lipinski definition) is 1. The predicted molar refractivity (Wildman–Crippen MR) is 91.5 cm³/mol. The van der Waals surface area contributed by atoms with E-state index in [0.717, 1.165) is 33.8 Å². The van der Waals surface area contributed by atoms with E-state index in [9.17, 15) is 0 Å². The summed E-state index contributed by atoms with van der Waals surface area (Å²) in [5, 5.41) is 4.39. The molecule has 0 atom stereocenters. The van der Waals surface area contributed by atoms with Gasteiger partial charge in [-0.2, -0.15) is 0 Å². The molecule has 1 fully saturated rings. The Morgan fingerprint density at radius 1 is 1.19 bits per heavy atom. The van der Waals surface area contributed by atoms with Gasteiger partial charge in [0.1, 0.15) is 5.75 Å². The van der Waals surface area contributed by atoms with Crippen molar-refractivity contribution in [2.45, 2.75) is 24.8 Å². The van der Waals surface area contributed by atoms with Gasteiger partial charge in [0.25, 0.3) is 0 Å². The fourth-order valence-corrected chi connectivity index (χ4v) is 3.29. The second-order valence-corrected chi connectivity index (χ2v) is 6.70. The second kappa shape index (κ2) is 6.29. The van der Waals surface area contributed by atoms with Gasteiger partial charge in [0.05, 0.1) is 12.8 Å². The average Bonchev–Trinajstić information content (AvgIpc) is 2.44. The average molecular weight is 367 g/mol. The number of benzene rings is 2. The summed E-state index contributed by atoms with van der Waals surface area (Å²) in [6.07, 6.45) is 2.26. The van der Waals surface area contributed by atoms with Crippen LogP contribution in [0.2, 0.25) is 5.02 Å². The van der Waals surface area contributed by atoms with Crippen LogP contribution in [0.1, 0.15) is 24.3 Å². The highest BCUT2D eigenvalue weighted by Gasteiger charge is 2.30. The van der Waals surface area contributed by atoms with Gasteiger partial charge in [-0.25, -0.2) is 0 Å². The summed E-state index contributed by atoms with van der Waals surface area (Å²) in [6.45, 7) is 0. The Labute approximate surface area is 138 Å². The second-order valence-electron chi connectivity index (χ2n) is 5.41. The van der Waals surface area contributed by atoms with Gasteiger partial charge < -0.3 is 10.1 Å². The van der Waals surface area contributed by atoms with Gasteiger partial charge in [-0.1, -0.05) is 23.7 Å². The molecule has 0 bridgehead atoms. The van der Waals surface area contributed by atoms with Crippen molar-refractivity contribution in [1.82, 2.24) is 0 Å². The van der Waals surface area contributed by atoms with Crippen molar-refractivity contribution >= 4 is 33.2 Å². The zero-order valence-electron chi connectivity index (χ0n) is 11.8. The summed E-state index contributed by atoms with van der Waals surface area (Å²) in [5.74, 6) is 1.47. The maximum Gasteiger partial charge on any atom is 0.121 e. The van der Waals surface area contributed by atoms with Gasteiger partial charge in [0.2, 0.25) is 0 Å². The number of halogens is 2. The van der Waals surface area contributed by atoms with Crippen LogP contribution in [0.4, 0.5) is 5.69 Å². The highest BCUT2D eigenvalue weighted by Crippen LogP contribution is 2.40. The zero-order chi connectivity index (χ0) is 14.8. The predicted octanol–water partition coefficient (Wildman–Crippen LogP) is 5.47. The first-order valence-electron chi connectivity index (χ1n) is 7.01. The molecule has 0 spiro atoms. The van der Waals surface area contributed by atoms with E-state index in [1.165, 1.54) is 5.56 Å². The monoisotopic (exact) mass is 365 g/mol. The zero-order valence-corrected chi connectivity index (χ0v) is 14.1. The first kappa shape index (κ1) is 14.7. The summed E-state index contributed by atoms with van der Waals surface area (Å²) in [7, 11) is 1.69. The van der Waals surface area contributed by atoms with Crippen LogP contribution >= 0.6 is 27.5 Å². The molecule has 1 saturated carbocycles. The van der Waals surface area contributed by atoms with E-state index in [0.29, 0.717) is 12.0 Å². The molecule has 3 rings (SSSR count). The van der Waals surface area contributed by atoms with Crippen LogP contribution in [0.3, 0.4) is 0 Å². The molecule has 0 aliphatic heterocycles. The van der Waals surface area contributed by atoms with E-state index in [4.69, 9.17) is 16.3 Å². The van der Waals surface area contributed by atoms with Crippen LogP contribution < -0.4 is 10.1 Å². The summed E-state index contributed by atoms with van der Waals surface area (Å²) >= 11 is 9.63. The first-order valence-corrected chi connectivity index (χ1v) is 8.18. The topological polar surface area (TPSA) is 21.3 Å². The van der Waals surface area contributed by atoms with Crippen molar-refractivity contribution in [3.8, 4) is 5.75 Å². The van der Waals surface area contributed by atoms with Crippen LogP contribution in [-0.2, 0) is 0 Å². The number of ether oxygens (including phenoxy) is 1. The van der Waals surface area contributed by atoms with Gasteiger partial charge >= 0.3 is 0 Å². The maximum absolute atomic E-state index is 6.05. The Balaban J connectivity index is 1.62. The van der Waals surface area contributed by atoms with E-state index < -0.39 is 0 Å². The molecule has 2 nitrogen and oxygen atoms in total. The summed E-state index contributed by atoms with van der Waals surface area (Å²) in [5.41, 5.74) is 2.43. The van der Waals surface area contributed by atoms with Crippen LogP contribution in [0.5, 0.6) is 5.75 Å². The van der Waals surface area contributed by atoms with Crippen molar-refractivity contribution in [2.75, 3.05) is 12.4 Å². The van der Waals surface area contributed by atoms with E-state index in [2.05, 4.69) is 33.4 Å². The quantitative estimate of drug-likeness (QED) is 0.774. The van der Waals surface area contributed by atoms with Crippen molar-refractivity contribution < 1.29 is 4.74 Å². The van der Waals surface area contributed by atoms with Crippen molar-refractivity contribution in [2.24, 2.45) is 0 Å². The van der Waals surface area contributed by atoms with Gasteiger partial charge in [-0.3, -0.25) is 0 Å². The van der Waals surface area contributed by atoms with Crippen LogP contribution in [0.25, 0.3) is 0 Å². The summed E-state index contributed by atoms with van der Waals surface area (Å²) < 4.78 is 6.34. The number of rotatable bonds is 4. The third kappa shape index (κ3) is 3.35. The smallest absolute Gasteiger partial charge is 0.121 e. The molecule has 0 unspecified atom stereocenters. The van der Waals surface area contributed by atoms with Crippen LogP contribution in [-0.4, -0.2) is 13.2 Å². The highest BCUT2D eigenvalue weighted by atomic mass is 79.9. The fraction of sp³-hybridized carbons (Fsp3) is 0.294. The molecule has 0 heterocycles. The Morgan fingerprint density at radius 3 is 2.71 bits per heavy atom.